The van der Waals surface area contributed by atoms with E-state index in [1.807, 2.05) is 24.3 Å². The third-order valence-electron chi connectivity index (χ3n) is 3.89. The molecule has 0 saturated carbocycles. The van der Waals surface area contributed by atoms with Gasteiger partial charge in [-0.15, -0.1) is 0 Å². The minimum Gasteiger partial charge on any atom is -0.487 e. The second-order valence-electron chi connectivity index (χ2n) is 5.68. The first-order valence-corrected chi connectivity index (χ1v) is 6.94. The van der Waals surface area contributed by atoms with Gasteiger partial charge < -0.3 is 4.74 Å². The van der Waals surface area contributed by atoms with Crippen molar-refractivity contribution in [3.05, 3.63) is 29.8 Å². The topological polar surface area (TPSA) is 36.3 Å². The molecule has 3 nitrogen and oxygen atoms in total. The maximum atomic E-state index is 9.91. The van der Waals surface area contributed by atoms with Gasteiger partial charge in [0.2, 0.25) is 0 Å². The third-order valence-corrected chi connectivity index (χ3v) is 3.89. The maximum Gasteiger partial charge on any atom is 0.142 e. The van der Waals surface area contributed by atoms with E-state index in [0.29, 0.717) is 6.42 Å². The first-order chi connectivity index (χ1) is 8.99. The molecule has 3 heteroatoms. The SMILES string of the molecule is CCN(CC)C1(C#N)CC(C)(C)Oc2ccccc21. The predicted molar refractivity (Wildman–Crippen MR) is 76.0 cm³/mol. The number of rotatable bonds is 3. The molecule has 1 aromatic rings. The molecule has 1 aliphatic rings. The van der Waals surface area contributed by atoms with Crippen molar-refractivity contribution >= 4 is 0 Å². The lowest BCUT2D eigenvalue weighted by Gasteiger charge is -2.47. The van der Waals surface area contributed by atoms with Crippen LogP contribution < -0.4 is 4.74 Å². The molecule has 102 valence electrons. The highest BCUT2D eigenvalue weighted by Gasteiger charge is 2.48. The van der Waals surface area contributed by atoms with Crippen LogP contribution in [-0.2, 0) is 5.54 Å². The number of nitrogens with zero attached hydrogens (tertiary/aromatic N) is 2. The van der Waals surface area contributed by atoms with E-state index in [9.17, 15) is 5.26 Å². The second kappa shape index (κ2) is 4.86. The van der Waals surface area contributed by atoms with Crippen LogP contribution in [0.15, 0.2) is 24.3 Å². The highest BCUT2D eigenvalue weighted by molar-refractivity contribution is 5.46. The summed E-state index contributed by atoms with van der Waals surface area (Å²) in [5.41, 5.74) is 0.0923. The van der Waals surface area contributed by atoms with Crippen molar-refractivity contribution in [1.82, 2.24) is 4.90 Å². The van der Waals surface area contributed by atoms with Crippen LogP contribution in [0.3, 0.4) is 0 Å². The average Bonchev–Trinajstić information content (AvgIpc) is 2.38. The van der Waals surface area contributed by atoms with E-state index in [4.69, 9.17) is 4.74 Å². The quantitative estimate of drug-likeness (QED) is 0.834. The number of nitriles is 1. The lowest BCUT2D eigenvalue weighted by atomic mass is 9.77. The molecule has 1 aromatic carbocycles. The van der Waals surface area contributed by atoms with E-state index in [-0.39, 0.29) is 5.60 Å². The second-order valence-corrected chi connectivity index (χ2v) is 5.68. The lowest BCUT2D eigenvalue weighted by Crippen LogP contribution is -2.53. The van der Waals surface area contributed by atoms with Crippen LogP contribution in [0.2, 0.25) is 0 Å². The van der Waals surface area contributed by atoms with Crippen LogP contribution in [0, 0.1) is 11.3 Å². The summed E-state index contributed by atoms with van der Waals surface area (Å²) in [6, 6.07) is 10.5. The van der Waals surface area contributed by atoms with Crippen LogP contribution in [0.5, 0.6) is 5.75 Å². The van der Waals surface area contributed by atoms with Crippen molar-refractivity contribution in [1.29, 1.82) is 5.26 Å². The molecule has 0 radical (unpaired) electrons. The summed E-state index contributed by atoms with van der Waals surface area (Å²) < 4.78 is 6.04. The summed E-state index contributed by atoms with van der Waals surface area (Å²) in [6.07, 6.45) is 0.690. The Morgan fingerprint density at radius 1 is 1.26 bits per heavy atom. The number of para-hydroxylation sites is 1. The molecule has 1 heterocycles. The Hall–Kier alpha value is -1.53. The van der Waals surface area contributed by atoms with E-state index >= 15 is 0 Å². The Morgan fingerprint density at radius 3 is 2.47 bits per heavy atom. The lowest BCUT2D eigenvalue weighted by molar-refractivity contribution is 0.00214. The summed E-state index contributed by atoms with van der Waals surface area (Å²) in [5.74, 6) is 0.840. The standard InChI is InChI=1S/C16H22N2O/c1-5-18(6-2)16(12-17)11-15(3,4)19-14-10-8-7-9-13(14)16/h7-10H,5-6,11H2,1-4H3. The summed E-state index contributed by atoms with van der Waals surface area (Å²) >= 11 is 0. The zero-order chi connectivity index (χ0) is 14.1. The molecule has 19 heavy (non-hydrogen) atoms. The van der Waals surface area contributed by atoms with Gasteiger partial charge in [0.15, 0.2) is 0 Å². The molecule has 1 aliphatic heterocycles. The van der Waals surface area contributed by atoms with Crippen molar-refractivity contribution in [2.75, 3.05) is 13.1 Å². The van der Waals surface area contributed by atoms with E-state index < -0.39 is 5.54 Å². The molecule has 1 unspecified atom stereocenters. The molecule has 0 spiro atoms. The monoisotopic (exact) mass is 258 g/mol. The fourth-order valence-corrected chi connectivity index (χ4v) is 3.16. The molecule has 0 aromatic heterocycles. The fourth-order valence-electron chi connectivity index (χ4n) is 3.16. The minimum absolute atomic E-state index is 0.327. The molecule has 0 fully saturated rings. The highest BCUT2D eigenvalue weighted by atomic mass is 16.5. The van der Waals surface area contributed by atoms with Crippen LogP contribution in [0.4, 0.5) is 0 Å². The van der Waals surface area contributed by atoms with Gasteiger partial charge in [-0.3, -0.25) is 4.90 Å². The van der Waals surface area contributed by atoms with Gasteiger partial charge >= 0.3 is 0 Å². The van der Waals surface area contributed by atoms with Gasteiger partial charge in [-0.05, 0) is 33.0 Å². The summed E-state index contributed by atoms with van der Waals surface area (Å²) in [7, 11) is 0. The average molecular weight is 258 g/mol. The Balaban J connectivity index is 2.63. The Bertz CT molecular complexity index is 500. The van der Waals surface area contributed by atoms with Crippen LogP contribution in [0.1, 0.15) is 39.7 Å². The van der Waals surface area contributed by atoms with E-state index in [2.05, 4.69) is 38.7 Å². The summed E-state index contributed by atoms with van der Waals surface area (Å²) in [4.78, 5) is 2.23. The summed E-state index contributed by atoms with van der Waals surface area (Å²) in [6.45, 7) is 10.0. The van der Waals surface area contributed by atoms with Crippen molar-refractivity contribution < 1.29 is 4.74 Å². The van der Waals surface area contributed by atoms with Crippen molar-refractivity contribution in [2.45, 2.75) is 45.3 Å². The normalized spacial score (nSPS) is 24.4. The maximum absolute atomic E-state index is 9.91. The Kier molecular flexibility index (Phi) is 3.56. The van der Waals surface area contributed by atoms with Gasteiger partial charge in [-0.25, -0.2) is 0 Å². The predicted octanol–water partition coefficient (Wildman–Crippen LogP) is 3.31. The molecule has 0 N–H and O–H groups in total. The van der Waals surface area contributed by atoms with Gasteiger partial charge in [-0.1, -0.05) is 32.0 Å². The van der Waals surface area contributed by atoms with Crippen molar-refractivity contribution in [3.8, 4) is 11.8 Å². The zero-order valence-electron chi connectivity index (χ0n) is 12.2. The van der Waals surface area contributed by atoms with Gasteiger partial charge in [0.1, 0.15) is 16.9 Å². The Morgan fingerprint density at radius 2 is 1.89 bits per heavy atom. The van der Waals surface area contributed by atoms with E-state index in [0.717, 1.165) is 24.4 Å². The minimum atomic E-state index is -0.582. The highest BCUT2D eigenvalue weighted by Crippen LogP contribution is 2.46. The largest absolute Gasteiger partial charge is 0.487 e. The van der Waals surface area contributed by atoms with Crippen LogP contribution in [-0.4, -0.2) is 23.6 Å². The molecule has 0 amide bonds. The molecule has 0 bridgehead atoms. The van der Waals surface area contributed by atoms with Crippen LogP contribution >= 0.6 is 0 Å². The number of hydrogen-bond acceptors (Lipinski definition) is 3. The number of ether oxygens (including phenoxy) is 1. The number of fused-ring (bicyclic) bond motifs is 1. The molecular weight excluding hydrogens is 236 g/mol. The number of hydrogen-bond donors (Lipinski definition) is 0. The van der Waals surface area contributed by atoms with Crippen molar-refractivity contribution in [2.24, 2.45) is 0 Å². The first kappa shape index (κ1) is 13.9. The van der Waals surface area contributed by atoms with E-state index in [1.165, 1.54) is 0 Å². The zero-order valence-corrected chi connectivity index (χ0v) is 12.2. The molecule has 0 aliphatic carbocycles. The van der Waals surface area contributed by atoms with Gasteiger partial charge in [0, 0.05) is 12.0 Å². The first-order valence-electron chi connectivity index (χ1n) is 6.94. The molecule has 0 saturated heterocycles. The molecular formula is C16H22N2O. The fraction of sp³-hybridized carbons (Fsp3) is 0.562. The Labute approximate surface area is 115 Å². The van der Waals surface area contributed by atoms with Gasteiger partial charge in [-0.2, -0.15) is 5.26 Å². The summed E-state index contributed by atoms with van der Waals surface area (Å²) in [5, 5.41) is 9.91. The van der Waals surface area contributed by atoms with Crippen molar-refractivity contribution in [3.63, 3.8) is 0 Å². The van der Waals surface area contributed by atoms with E-state index in [1.54, 1.807) is 0 Å². The smallest absolute Gasteiger partial charge is 0.142 e. The number of benzene rings is 1. The molecule has 1 atom stereocenters. The van der Waals surface area contributed by atoms with Crippen LogP contribution in [0.25, 0.3) is 0 Å². The van der Waals surface area contributed by atoms with Gasteiger partial charge in [0.25, 0.3) is 0 Å². The molecule has 2 rings (SSSR count). The third kappa shape index (κ3) is 2.21. The van der Waals surface area contributed by atoms with Gasteiger partial charge in [0.05, 0.1) is 6.07 Å².